The van der Waals surface area contributed by atoms with E-state index >= 15 is 0 Å². The lowest BCUT2D eigenvalue weighted by atomic mass is 9.99. The van der Waals surface area contributed by atoms with Crippen molar-refractivity contribution in [1.82, 2.24) is 24.3 Å². The van der Waals surface area contributed by atoms with Crippen LogP contribution in [0.15, 0.2) is 67.4 Å². The Bertz CT molecular complexity index is 1490. The molecule has 3 heterocycles. The molecule has 164 valence electrons. The number of hydrogen-bond acceptors (Lipinski definition) is 4. The summed E-state index contributed by atoms with van der Waals surface area (Å²) in [5.41, 5.74) is 5.28. The summed E-state index contributed by atoms with van der Waals surface area (Å²) in [6.45, 7) is 1.90. The minimum absolute atomic E-state index is 0.123. The van der Waals surface area contributed by atoms with Crippen molar-refractivity contribution in [1.29, 1.82) is 0 Å². The Morgan fingerprint density at radius 3 is 2.58 bits per heavy atom. The molecule has 0 spiro atoms. The lowest BCUT2D eigenvalue weighted by Crippen LogP contribution is -2.07. The number of aryl methyl sites for hydroxylation is 2. The number of rotatable bonds is 5. The van der Waals surface area contributed by atoms with Crippen LogP contribution in [-0.2, 0) is 13.5 Å². The maximum atomic E-state index is 13.1. The number of aromatic nitrogens is 5. The monoisotopic (exact) mass is 475 g/mol. The van der Waals surface area contributed by atoms with Crippen molar-refractivity contribution < 1.29 is 4.79 Å². The van der Waals surface area contributed by atoms with Crippen molar-refractivity contribution in [2.75, 3.05) is 0 Å². The number of hydrogen-bond donors (Lipinski definition) is 0. The van der Waals surface area contributed by atoms with Gasteiger partial charge >= 0.3 is 0 Å². The predicted molar refractivity (Wildman–Crippen MR) is 130 cm³/mol. The van der Waals surface area contributed by atoms with Gasteiger partial charge in [-0.3, -0.25) is 4.79 Å². The summed E-state index contributed by atoms with van der Waals surface area (Å²) in [5.74, 6) is -0.123. The third kappa shape index (κ3) is 3.92. The van der Waals surface area contributed by atoms with Gasteiger partial charge in [-0.05, 0) is 48.4 Å². The maximum absolute atomic E-state index is 13.1. The largest absolute Gasteiger partial charge is 0.331 e. The average Bonchev–Trinajstić information content (AvgIpc) is 3.49. The Morgan fingerprint density at radius 1 is 1.12 bits per heavy atom. The number of halogens is 2. The first-order valence-electron chi connectivity index (χ1n) is 10.3. The van der Waals surface area contributed by atoms with Gasteiger partial charge in [0.2, 0.25) is 5.78 Å². The molecule has 0 N–H and O–H groups in total. The smallest absolute Gasteiger partial charge is 0.211 e. The van der Waals surface area contributed by atoms with E-state index < -0.39 is 0 Å². The molecule has 6 nitrogen and oxygen atoms in total. The van der Waals surface area contributed by atoms with Gasteiger partial charge < -0.3 is 4.57 Å². The van der Waals surface area contributed by atoms with E-state index in [1.807, 2.05) is 49.5 Å². The van der Waals surface area contributed by atoms with Crippen molar-refractivity contribution >= 4 is 39.9 Å². The van der Waals surface area contributed by atoms with Gasteiger partial charge in [0, 0.05) is 42.4 Å². The number of pyridine rings is 1. The topological polar surface area (TPSA) is 65.6 Å². The number of fused-ring (bicyclic) bond motifs is 1. The fourth-order valence-electron chi connectivity index (χ4n) is 3.91. The fourth-order valence-corrected chi connectivity index (χ4v) is 4.51. The van der Waals surface area contributed by atoms with Crippen LogP contribution in [0, 0.1) is 6.92 Å². The molecule has 0 aliphatic rings. The minimum atomic E-state index is -0.123. The Labute approximate surface area is 200 Å². The Kier molecular flexibility index (Phi) is 5.48. The average molecular weight is 476 g/mol. The number of carbonyl (C=O) groups is 1. The molecule has 3 aromatic heterocycles. The molecular weight excluding hydrogens is 457 g/mol. The number of carbonyl (C=O) groups excluding carboxylic acids is 1. The van der Waals surface area contributed by atoms with Gasteiger partial charge in [0.15, 0.2) is 0 Å². The number of ketones is 1. The molecule has 0 bridgehead atoms. The van der Waals surface area contributed by atoms with E-state index in [1.54, 1.807) is 41.1 Å². The molecule has 5 rings (SSSR count). The first kappa shape index (κ1) is 21.4. The standard InChI is InChI=1S/C25H19Cl2N5O/c1-15-10-17(24(33)21-13-28-14-31(21)2)12-19-22(26)20(25(27)30-23(15)19)11-16-4-6-18(7-5-16)32-9-3-8-29-32/h3-10,12-14H,11H2,1-2H3. The Hall–Kier alpha value is -3.48. The van der Waals surface area contributed by atoms with Gasteiger partial charge in [-0.15, -0.1) is 0 Å². The van der Waals surface area contributed by atoms with Crippen molar-refractivity contribution in [3.8, 4) is 5.69 Å². The predicted octanol–water partition coefficient (Wildman–Crippen LogP) is 5.59. The van der Waals surface area contributed by atoms with Gasteiger partial charge in [0.25, 0.3) is 0 Å². The molecule has 2 aromatic carbocycles. The van der Waals surface area contributed by atoms with Crippen LogP contribution in [0.5, 0.6) is 0 Å². The molecule has 0 aliphatic heterocycles. The molecule has 0 aliphatic carbocycles. The lowest BCUT2D eigenvalue weighted by Gasteiger charge is -2.13. The second kappa shape index (κ2) is 8.46. The molecule has 5 aromatic rings. The fraction of sp³-hybridized carbons (Fsp3) is 0.120. The van der Waals surface area contributed by atoms with Gasteiger partial charge in [-0.25, -0.2) is 14.6 Å². The second-order valence-electron chi connectivity index (χ2n) is 7.90. The highest BCUT2D eigenvalue weighted by molar-refractivity contribution is 6.39. The number of imidazole rings is 1. The van der Waals surface area contributed by atoms with E-state index in [9.17, 15) is 4.79 Å². The van der Waals surface area contributed by atoms with Crippen molar-refractivity contribution in [3.05, 3.63) is 106 Å². The van der Waals surface area contributed by atoms with Crippen molar-refractivity contribution in [2.45, 2.75) is 13.3 Å². The molecule has 33 heavy (non-hydrogen) atoms. The number of benzene rings is 2. The normalized spacial score (nSPS) is 11.3. The SMILES string of the molecule is Cc1cc(C(=O)c2cncn2C)cc2c(Cl)c(Cc3ccc(-n4cccn4)cc3)c(Cl)nc12. The molecule has 0 radical (unpaired) electrons. The molecule has 8 heteroatoms. The number of nitrogens with zero attached hydrogens (tertiary/aromatic N) is 5. The van der Waals surface area contributed by atoms with Crippen molar-refractivity contribution in [3.63, 3.8) is 0 Å². The summed E-state index contributed by atoms with van der Waals surface area (Å²) >= 11 is 13.4. The van der Waals surface area contributed by atoms with Crippen LogP contribution in [0.2, 0.25) is 10.2 Å². The summed E-state index contributed by atoms with van der Waals surface area (Å²) in [6, 6.07) is 13.5. The third-order valence-electron chi connectivity index (χ3n) is 5.66. The third-order valence-corrected chi connectivity index (χ3v) is 6.40. The molecule has 0 saturated heterocycles. The van der Waals surface area contributed by atoms with E-state index in [0.29, 0.717) is 38.8 Å². The highest BCUT2D eigenvalue weighted by Gasteiger charge is 2.19. The summed E-state index contributed by atoms with van der Waals surface area (Å²) < 4.78 is 3.49. The second-order valence-corrected chi connectivity index (χ2v) is 8.63. The highest BCUT2D eigenvalue weighted by atomic mass is 35.5. The van der Waals surface area contributed by atoms with Crippen LogP contribution in [-0.4, -0.2) is 30.1 Å². The van der Waals surface area contributed by atoms with E-state index in [-0.39, 0.29) is 5.78 Å². The molecule has 0 saturated carbocycles. The van der Waals surface area contributed by atoms with E-state index in [2.05, 4.69) is 15.1 Å². The first-order chi connectivity index (χ1) is 15.9. The first-order valence-corrected chi connectivity index (χ1v) is 11.1. The molecular formula is C25H19Cl2N5O. The molecule has 0 amide bonds. The van der Waals surface area contributed by atoms with Gasteiger partial charge in [-0.2, -0.15) is 5.10 Å². The Morgan fingerprint density at radius 2 is 1.91 bits per heavy atom. The zero-order valence-corrected chi connectivity index (χ0v) is 19.5. The molecule has 0 atom stereocenters. The maximum Gasteiger partial charge on any atom is 0.211 e. The highest BCUT2D eigenvalue weighted by Crippen LogP contribution is 2.35. The zero-order chi connectivity index (χ0) is 23.1. The van der Waals surface area contributed by atoms with Crippen LogP contribution in [0.1, 0.15) is 32.7 Å². The Balaban J connectivity index is 1.54. The summed E-state index contributed by atoms with van der Waals surface area (Å²) in [7, 11) is 1.79. The summed E-state index contributed by atoms with van der Waals surface area (Å²) in [4.78, 5) is 21.7. The quantitative estimate of drug-likeness (QED) is 0.245. The molecule has 0 unspecified atom stereocenters. The molecule has 0 fully saturated rings. The lowest BCUT2D eigenvalue weighted by molar-refractivity contribution is 0.103. The van der Waals surface area contributed by atoms with Crippen LogP contribution < -0.4 is 0 Å². The van der Waals surface area contributed by atoms with Gasteiger partial charge in [0.1, 0.15) is 10.8 Å². The van der Waals surface area contributed by atoms with E-state index in [4.69, 9.17) is 23.2 Å². The minimum Gasteiger partial charge on any atom is -0.331 e. The van der Waals surface area contributed by atoms with E-state index in [1.165, 1.54) is 0 Å². The van der Waals surface area contributed by atoms with Crippen molar-refractivity contribution in [2.24, 2.45) is 7.05 Å². The van der Waals surface area contributed by atoms with E-state index in [0.717, 1.165) is 22.4 Å². The zero-order valence-electron chi connectivity index (χ0n) is 18.0. The van der Waals surface area contributed by atoms with Gasteiger partial charge in [-0.1, -0.05) is 35.3 Å². The van der Waals surface area contributed by atoms with Crippen LogP contribution in [0.25, 0.3) is 16.6 Å². The van der Waals surface area contributed by atoms with Crippen LogP contribution in [0.3, 0.4) is 0 Å². The van der Waals surface area contributed by atoms with Gasteiger partial charge in [0.05, 0.1) is 28.8 Å². The van der Waals surface area contributed by atoms with Crippen LogP contribution in [0.4, 0.5) is 0 Å². The summed E-state index contributed by atoms with van der Waals surface area (Å²) in [6.07, 6.45) is 7.30. The summed E-state index contributed by atoms with van der Waals surface area (Å²) in [5, 5.41) is 5.81. The van der Waals surface area contributed by atoms with Crippen LogP contribution >= 0.6 is 23.2 Å².